The maximum atomic E-state index is 13.2. The Morgan fingerprint density at radius 1 is 1.00 bits per heavy atom. The van der Waals surface area contributed by atoms with Gasteiger partial charge in [-0.05, 0) is 35.2 Å². The zero-order chi connectivity index (χ0) is 22.6. The molecular formula is C25H21N5O2S. The summed E-state index contributed by atoms with van der Waals surface area (Å²) in [6.07, 6.45) is 4.00. The Labute approximate surface area is 194 Å². The van der Waals surface area contributed by atoms with E-state index in [4.69, 9.17) is 0 Å². The number of rotatable bonds is 7. The molecule has 0 spiro atoms. The SMILES string of the molecule is O=C(NC(Cc1c[nH]c2ccccc12)C(=O)Nc1ccn(-c2ccccc2)n1)c1cccs1. The molecule has 0 saturated carbocycles. The van der Waals surface area contributed by atoms with Crippen LogP contribution in [0.1, 0.15) is 15.2 Å². The smallest absolute Gasteiger partial charge is 0.262 e. The number of amides is 2. The highest BCUT2D eigenvalue weighted by Gasteiger charge is 2.24. The predicted octanol–water partition coefficient (Wildman–Crippen LogP) is 4.39. The van der Waals surface area contributed by atoms with Crippen molar-refractivity contribution in [3.8, 4) is 5.69 Å². The summed E-state index contributed by atoms with van der Waals surface area (Å²) in [5.41, 5.74) is 2.82. The third kappa shape index (κ3) is 4.56. The maximum absolute atomic E-state index is 13.2. The Morgan fingerprint density at radius 3 is 2.64 bits per heavy atom. The molecule has 5 aromatic rings. The highest BCUT2D eigenvalue weighted by Crippen LogP contribution is 2.20. The molecule has 3 N–H and O–H groups in total. The van der Waals surface area contributed by atoms with Gasteiger partial charge in [0.25, 0.3) is 5.91 Å². The van der Waals surface area contributed by atoms with E-state index in [1.54, 1.807) is 23.0 Å². The molecule has 0 aliphatic rings. The molecule has 7 nitrogen and oxygen atoms in total. The molecule has 2 amide bonds. The molecule has 0 fully saturated rings. The zero-order valence-corrected chi connectivity index (χ0v) is 18.4. The standard InChI is InChI=1S/C25H21N5O2S/c31-24(28-23-12-13-30(29-23)18-7-2-1-3-8-18)21(27-25(32)22-11-6-14-33-22)15-17-16-26-20-10-5-4-9-19(17)20/h1-14,16,21,26H,15H2,(H,27,32)(H,28,29,31). The number of H-pyrrole nitrogens is 1. The lowest BCUT2D eigenvalue weighted by Gasteiger charge is -2.17. The summed E-state index contributed by atoms with van der Waals surface area (Å²) in [4.78, 5) is 29.8. The molecule has 33 heavy (non-hydrogen) atoms. The summed E-state index contributed by atoms with van der Waals surface area (Å²) in [5.74, 6) is -0.193. The summed E-state index contributed by atoms with van der Waals surface area (Å²) >= 11 is 1.33. The molecule has 164 valence electrons. The Bertz CT molecular complexity index is 1390. The number of anilines is 1. The van der Waals surface area contributed by atoms with Crippen LogP contribution < -0.4 is 10.6 Å². The van der Waals surface area contributed by atoms with E-state index in [-0.39, 0.29) is 11.8 Å². The van der Waals surface area contributed by atoms with Crippen molar-refractivity contribution in [2.24, 2.45) is 0 Å². The highest BCUT2D eigenvalue weighted by molar-refractivity contribution is 7.12. The number of fused-ring (bicyclic) bond motifs is 1. The summed E-state index contributed by atoms with van der Waals surface area (Å²) in [6.45, 7) is 0. The van der Waals surface area contributed by atoms with E-state index in [1.807, 2.05) is 72.2 Å². The predicted molar refractivity (Wildman–Crippen MR) is 130 cm³/mol. The van der Waals surface area contributed by atoms with Crippen LogP contribution in [-0.4, -0.2) is 32.6 Å². The van der Waals surface area contributed by atoms with Crippen molar-refractivity contribution in [2.45, 2.75) is 12.5 Å². The largest absolute Gasteiger partial charge is 0.361 e. The first-order valence-electron chi connectivity index (χ1n) is 10.5. The van der Waals surface area contributed by atoms with Gasteiger partial charge in [-0.2, -0.15) is 5.10 Å². The first-order valence-corrected chi connectivity index (χ1v) is 11.4. The van der Waals surface area contributed by atoms with Crippen LogP contribution in [0.5, 0.6) is 0 Å². The van der Waals surface area contributed by atoms with Gasteiger partial charge < -0.3 is 15.6 Å². The fourth-order valence-corrected chi connectivity index (χ4v) is 4.32. The van der Waals surface area contributed by atoms with Crippen molar-refractivity contribution in [1.82, 2.24) is 20.1 Å². The van der Waals surface area contributed by atoms with Crippen LogP contribution in [0.25, 0.3) is 16.6 Å². The van der Waals surface area contributed by atoms with E-state index in [0.717, 1.165) is 22.2 Å². The van der Waals surface area contributed by atoms with Gasteiger partial charge in [0.2, 0.25) is 5.91 Å². The van der Waals surface area contributed by atoms with Crippen LogP contribution in [0.4, 0.5) is 5.82 Å². The lowest BCUT2D eigenvalue weighted by Crippen LogP contribution is -2.45. The number of aromatic nitrogens is 3. The number of nitrogens with zero attached hydrogens (tertiary/aromatic N) is 2. The second-order valence-electron chi connectivity index (χ2n) is 7.54. The number of carbonyl (C=O) groups excluding carboxylic acids is 2. The van der Waals surface area contributed by atoms with Crippen LogP contribution in [0.2, 0.25) is 0 Å². The van der Waals surface area contributed by atoms with Gasteiger partial charge >= 0.3 is 0 Å². The van der Waals surface area contributed by atoms with Crippen LogP contribution in [0.3, 0.4) is 0 Å². The van der Waals surface area contributed by atoms with Gasteiger partial charge in [0.05, 0.1) is 10.6 Å². The number of hydrogen-bond acceptors (Lipinski definition) is 4. The number of thiophene rings is 1. The number of para-hydroxylation sites is 2. The molecule has 3 heterocycles. The van der Waals surface area contributed by atoms with E-state index in [1.165, 1.54) is 11.3 Å². The monoisotopic (exact) mass is 455 g/mol. The molecule has 0 aliphatic carbocycles. The van der Waals surface area contributed by atoms with Gasteiger partial charge in [0.15, 0.2) is 5.82 Å². The molecule has 8 heteroatoms. The maximum Gasteiger partial charge on any atom is 0.262 e. The van der Waals surface area contributed by atoms with E-state index in [0.29, 0.717) is 17.1 Å². The Kier molecular flexibility index (Phi) is 5.73. The number of carbonyl (C=O) groups is 2. The van der Waals surface area contributed by atoms with E-state index >= 15 is 0 Å². The Hall–Kier alpha value is -4.17. The highest BCUT2D eigenvalue weighted by atomic mass is 32.1. The molecule has 3 aromatic heterocycles. The summed E-state index contributed by atoms with van der Waals surface area (Å²) in [5, 5.41) is 13.0. The van der Waals surface area contributed by atoms with Gasteiger partial charge in [-0.15, -0.1) is 11.3 Å². The number of hydrogen-bond donors (Lipinski definition) is 3. The minimum absolute atomic E-state index is 0.278. The number of benzene rings is 2. The van der Waals surface area contributed by atoms with E-state index in [2.05, 4.69) is 20.7 Å². The van der Waals surface area contributed by atoms with Crippen molar-refractivity contribution >= 4 is 39.9 Å². The van der Waals surface area contributed by atoms with Gasteiger partial charge in [0.1, 0.15) is 6.04 Å². The minimum Gasteiger partial charge on any atom is -0.361 e. The third-order valence-electron chi connectivity index (χ3n) is 5.33. The number of nitrogens with one attached hydrogen (secondary N) is 3. The molecule has 0 bridgehead atoms. The van der Waals surface area contributed by atoms with Crippen molar-refractivity contribution in [1.29, 1.82) is 0 Å². The van der Waals surface area contributed by atoms with Crippen molar-refractivity contribution in [2.75, 3.05) is 5.32 Å². The molecule has 1 atom stereocenters. The molecule has 0 radical (unpaired) electrons. The molecule has 1 unspecified atom stereocenters. The zero-order valence-electron chi connectivity index (χ0n) is 17.6. The number of aromatic amines is 1. The van der Waals surface area contributed by atoms with Gasteiger partial charge in [-0.1, -0.05) is 42.5 Å². The van der Waals surface area contributed by atoms with Crippen molar-refractivity contribution in [3.05, 3.63) is 101 Å². The van der Waals surface area contributed by atoms with Gasteiger partial charge in [-0.25, -0.2) is 4.68 Å². The molecule has 2 aromatic carbocycles. The molecule has 5 rings (SSSR count). The Morgan fingerprint density at radius 2 is 1.82 bits per heavy atom. The first kappa shape index (κ1) is 20.7. The van der Waals surface area contributed by atoms with Gasteiger partial charge in [-0.3, -0.25) is 9.59 Å². The molecule has 0 saturated heterocycles. The quantitative estimate of drug-likeness (QED) is 0.340. The Balaban J connectivity index is 1.38. The van der Waals surface area contributed by atoms with E-state index in [9.17, 15) is 9.59 Å². The topological polar surface area (TPSA) is 91.8 Å². The lowest BCUT2D eigenvalue weighted by atomic mass is 10.0. The summed E-state index contributed by atoms with van der Waals surface area (Å²) < 4.78 is 1.69. The molecular weight excluding hydrogens is 434 g/mol. The average Bonchev–Trinajstić information content (AvgIpc) is 3.61. The normalized spacial score (nSPS) is 11.9. The third-order valence-corrected chi connectivity index (χ3v) is 6.20. The van der Waals surface area contributed by atoms with Gasteiger partial charge in [0, 0.05) is 35.8 Å². The fraction of sp³-hybridized carbons (Fsp3) is 0.0800. The van der Waals surface area contributed by atoms with Crippen LogP contribution in [-0.2, 0) is 11.2 Å². The lowest BCUT2D eigenvalue weighted by molar-refractivity contribution is -0.118. The van der Waals surface area contributed by atoms with Crippen LogP contribution in [0, 0.1) is 0 Å². The second kappa shape index (κ2) is 9.13. The minimum atomic E-state index is -0.777. The summed E-state index contributed by atoms with van der Waals surface area (Å²) in [6, 6.07) is 22.0. The summed E-state index contributed by atoms with van der Waals surface area (Å²) in [7, 11) is 0. The second-order valence-corrected chi connectivity index (χ2v) is 8.49. The average molecular weight is 456 g/mol. The van der Waals surface area contributed by atoms with Crippen molar-refractivity contribution < 1.29 is 9.59 Å². The van der Waals surface area contributed by atoms with E-state index < -0.39 is 6.04 Å². The molecule has 0 aliphatic heterocycles. The van der Waals surface area contributed by atoms with Crippen LogP contribution >= 0.6 is 11.3 Å². The van der Waals surface area contributed by atoms with Crippen LogP contribution in [0.15, 0.2) is 90.6 Å². The first-order chi connectivity index (χ1) is 16.2. The fourth-order valence-electron chi connectivity index (χ4n) is 3.70. The van der Waals surface area contributed by atoms with Crippen molar-refractivity contribution in [3.63, 3.8) is 0 Å².